The van der Waals surface area contributed by atoms with Gasteiger partial charge in [-0.25, -0.2) is 0 Å². The second-order valence-electron chi connectivity index (χ2n) is 6.02. The molecule has 3 nitrogen and oxygen atoms in total. The van der Waals surface area contributed by atoms with Gasteiger partial charge < -0.3 is 9.88 Å². The average molecular weight is 282 g/mol. The Labute approximate surface area is 126 Å². The minimum absolute atomic E-state index is 0.163. The van der Waals surface area contributed by atoms with Crippen LogP contribution in [0.5, 0.6) is 0 Å². The van der Waals surface area contributed by atoms with Crippen molar-refractivity contribution >= 4 is 5.91 Å². The number of rotatable bonds is 2. The van der Waals surface area contributed by atoms with Crippen LogP contribution in [0.4, 0.5) is 0 Å². The van der Waals surface area contributed by atoms with Gasteiger partial charge in [0.1, 0.15) is 0 Å². The van der Waals surface area contributed by atoms with Gasteiger partial charge in [-0.15, -0.1) is 0 Å². The van der Waals surface area contributed by atoms with E-state index in [0.29, 0.717) is 0 Å². The number of nitrogens with one attached hydrogen (secondary N) is 1. The van der Waals surface area contributed by atoms with Gasteiger partial charge in [-0.1, -0.05) is 12.1 Å². The average Bonchev–Trinajstić information content (AvgIpc) is 3.10. The van der Waals surface area contributed by atoms with Crippen LogP contribution in [0.2, 0.25) is 0 Å². The molecule has 2 aromatic rings. The third-order valence-corrected chi connectivity index (χ3v) is 4.46. The number of likely N-dealkylation sites (tertiary alicyclic amines) is 1. The van der Waals surface area contributed by atoms with E-state index in [0.717, 1.165) is 48.4 Å². The summed E-state index contributed by atoms with van der Waals surface area (Å²) in [6.45, 7) is 7.99. The quantitative estimate of drug-likeness (QED) is 0.892. The Morgan fingerprint density at radius 2 is 1.76 bits per heavy atom. The summed E-state index contributed by atoms with van der Waals surface area (Å²) in [5, 5.41) is 0. The number of nitrogens with zero attached hydrogens (tertiary/aromatic N) is 1. The molecule has 1 aromatic heterocycles. The maximum absolute atomic E-state index is 12.5. The Kier molecular flexibility index (Phi) is 3.58. The summed E-state index contributed by atoms with van der Waals surface area (Å²) >= 11 is 0. The molecule has 1 amide bonds. The van der Waals surface area contributed by atoms with Crippen molar-refractivity contribution in [1.82, 2.24) is 9.88 Å². The highest BCUT2D eigenvalue weighted by Crippen LogP contribution is 2.25. The highest BCUT2D eigenvalue weighted by atomic mass is 16.2. The lowest BCUT2D eigenvalue weighted by Crippen LogP contribution is -2.27. The molecule has 1 saturated heterocycles. The molecule has 2 heterocycles. The Morgan fingerprint density at radius 3 is 2.43 bits per heavy atom. The standard InChI is InChI=1S/C18H22N2O/c1-12-6-7-15(10-13(12)2)17-11-16(14(3)19-17)18(21)20-8-4-5-9-20/h6-7,10-11,19H,4-5,8-9H2,1-3H3. The summed E-state index contributed by atoms with van der Waals surface area (Å²) in [6, 6.07) is 8.41. The first-order valence-electron chi connectivity index (χ1n) is 7.63. The summed E-state index contributed by atoms with van der Waals surface area (Å²) in [4.78, 5) is 17.9. The molecule has 0 unspecified atom stereocenters. The summed E-state index contributed by atoms with van der Waals surface area (Å²) < 4.78 is 0. The van der Waals surface area contributed by atoms with E-state index in [2.05, 4.69) is 37.0 Å². The molecule has 1 fully saturated rings. The van der Waals surface area contributed by atoms with E-state index in [1.54, 1.807) is 0 Å². The van der Waals surface area contributed by atoms with Crippen molar-refractivity contribution in [2.24, 2.45) is 0 Å². The van der Waals surface area contributed by atoms with Gasteiger partial charge in [-0.3, -0.25) is 4.79 Å². The molecule has 1 aliphatic rings. The molecular weight excluding hydrogens is 260 g/mol. The third kappa shape index (κ3) is 2.60. The first kappa shape index (κ1) is 13.9. The largest absolute Gasteiger partial charge is 0.358 e. The van der Waals surface area contributed by atoms with E-state index in [1.807, 2.05) is 17.9 Å². The predicted molar refractivity (Wildman–Crippen MR) is 85.6 cm³/mol. The van der Waals surface area contributed by atoms with Crippen molar-refractivity contribution in [3.8, 4) is 11.3 Å². The van der Waals surface area contributed by atoms with Gasteiger partial charge in [0.15, 0.2) is 0 Å². The Hall–Kier alpha value is -2.03. The molecule has 0 spiro atoms. The highest BCUT2D eigenvalue weighted by Gasteiger charge is 2.22. The van der Waals surface area contributed by atoms with Gasteiger partial charge in [-0.2, -0.15) is 0 Å². The van der Waals surface area contributed by atoms with Gasteiger partial charge in [0, 0.05) is 24.5 Å². The van der Waals surface area contributed by atoms with Crippen molar-refractivity contribution < 1.29 is 4.79 Å². The second kappa shape index (κ2) is 5.40. The van der Waals surface area contributed by atoms with Gasteiger partial charge >= 0.3 is 0 Å². The number of aromatic amines is 1. The molecule has 0 saturated carbocycles. The Morgan fingerprint density at radius 1 is 1.05 bits per heavy atom. The molecule has 3 rings (SSSR count). The number of H-pyrrole nitrogens is 1. The van der Waals surface area contributed by atoms with Gasteiger partial charge in [0.05, 0.1) is 5.56 Å². The normalized spacial score (nSPS) is 14.7. The minimum Gasteiger partial charge on any atom is -0.358 e. The van der Waals surface area contributed by atoms with Crippen LogP contribution in [-0.4, -0.2) is 28.9 Å². The lowest BCUT2D eigenvalue weighted by molar-refractivity contribution is 0.0792. The molecule has 3 heteroatoms. The van der Waals surface area contributed by atoms with Gasteiger partial charge in [0.25, 0.3) is 5.91 Å². The Balaban J connectivity index is 1.93. The van der Waals surface area contributed by atoms with Crippen LogP contribution < -0.4 is 0 Å². The van der Waals surface area contributed by atoms with Crippen LogP contribution in [-0.2, 0) is 0 Å². The van der Waals surface area contributed by atoms with Crippen molar-refractivity contribution in [2.45, 2.75) is 33.6 Å². The molecule has 0 atom stereocenters. The maximum Gasteiger partial charge on any atom is 0.255 e. The van der Waals surface area contributed by atoms with Crippen molar-refractivity contribution in [1.29, 1.82) is 0 Å². The Bertz CT molecular complexity index is 679. The number of amides is 1. The third-order valence-electron chi connectivity index (χ3n) is 4.46. The topological polar surface area (TPSA) is 36.1 Å². The van der Waals surface area contributed by atoms with Crippen molar-refractivity contribution in [3.05, 3.63) is 46.6 Å². The van der Waals surface area contributed by atoms with E-state index in [4.69, 9.17) is 0 Å². The number of carbonyl (C=O) groups is 1. The van der Waals surface area contributed by atoms with Crippen LogP contribution >= 0.6 is 0 Å². The van der Waals surface area contributed by atoms with Crippen LogP contribution in [0.25, 0.3) is 11.3 Å². The van der Waals surface area contributed by atoms with E-state index in [1.165, 1.54) is 11.1 Å². The molecule has 0 aliphatic carbocycles. The number of benzene rings is 1. The number of hydrogen-bond donors (Lipinski definition) is 1. The molecule has 1 N–H and O–H groups in total. The number of hydrogen-bond acceptors (Lipinski definition) is 1. The summed E-state index contributed by atoms with van der Waals surface area (Å²) in [5.41, 5.74) is 6.49. The van der Waals surface area contributed by atoms with Crippen LogP contribution in [0.3, 0.4) is 0 Å². The van der Waals surface area contributed by atoms with E-state index in [-0.39, 0.29) is 5.91 Å². The fraction of sp³-hybridized carbons (Fsp3) is 0.389. The number of aromatic nitrogens is 1. The van der Waals surface area contributed by atoms with E-state index in [9.17, 15) is 4.79 Å². The lowest BCUT2D eigenvalue weighted by atomic mass is 10.0. The molecule has 110 valence electrons. The first-order valence-corrected chi connectivity index (χ1v) is 7.63. The SMILES string of the molecule is Cc1ccc(-c2cc(C(=O)N3CCCC3)c(C)[nH]2)cc1C. The lowest BCUT2D eigenvalue weighted by Gasteiger charge is -2.14. The smallest absolute Gasteiger partial charge is 0.255 e. The second-order valence-corrected chi connectivity index (χ2v) is 6.02. The zero-order chi connectivity index (χ0) is 15.0. The molecular formula is C18H22N2O. The first-order chi connectivity index (χ1) is 10.1. The van der Waals surface area contributed by atoms with Gasteiger partial charge in [0.2, 0.25) is 0 Å². The summed E-state index contributed by atoms with van der Waals surface area (Å²) in [7, 11) is 0. The summed E-state index contributed by atoms with van der Waals surface area (Å²) in [5.74, 6) is 0.163. The van der Waals surface area contributed by atoms with Crippen LogP contribution in [0.1, 0.15) is 40.0 Å². The maximum atomic E-state index is 12.5. The zero-order valence-corrected chi connectivity index (χ0v) is 13.0. The molecule has 1 aromatic carbocycles. The molecule has 0 bridgehead atoms. The molecule has 21 heavy (non-hydrogen) atoms. The van der Waals surface area contributed by atoms with Crippen LogP contribution in [0.15, 0.2) is 24.3 Å². The van der Waals surface area contributed by atoms with Gasteiger partial charge in [-0.05, 0) is 62.4 Å². The van der Waals surface area contributed by atoms with E-state index < -0.39 is 0 Å². The highest BCUT2D eigenvalue weighted by molar-refractivity contribution is 5.97. The fourth-order valence-electron chi connectivity index (χ4n) is 2.94. The van der Waals surface area contributed by atoms with Crippen molar-refractivity contribution in [2.75, 3.05) is 13.1 Å². The minimum atomic E-state index is 0.163. The predicted octanol–water partition coefficient (Wildman–Crippen LogP) is 3.84. The number of carbonyl (C=O) groups excluding carboxylic acids is 1. The molecule has 1 aliphatic heterocycles. The molecule has 0 radical (unpaired) electrons. The number of aryl methyl sites for hydroxylation is 3. The van der Waals surface area contributed by atoms with E-state index >= 15 is 0 Å². The fourth-order valence-corrected chi connectivity index (χ4v) is 2.94. The summed E-state index contributed by atoms with van der Waals surface area (Å²) in [6.07, 6.45) is 2.25. The van der Waals surface area contributed by atoms with Crippen molar-refractivity contribution in [3.63, 3.8) is 0 Å². The zero-order valence-electron chi connectivity index (χ0n) is 13.0. The monoisotopic (exact) mass is 282 g/mol. The van der Waals surface area contributed by atoms with Crippen LogP contribution in [0, 0.1) is 20.8 Å².